The Morgan fingerprint density at radius 3 is 2.94 bits per heavy atom. The molecule has 0 bridgehead atoms. The van der Waals surface area contributed by atoms with Gasteiger partial charge in [-0.15, -0.1) is 0 Å². The highest BCUT2D eigenvalue weighted by atomic mass is 16.5. The number of nitrogens with one attached hydrogen (secondary N) is 1. The fourth-order valence-electron chi connectivity index (χ4n) is 1.85. The molecule has 1 aromatic rings. The average Bonchev–Trinajstić information content (AvgIpc) is 2.37. The fraction of sp³-hybridized carbons (Fsp3) is 0.538. The van der Waals surface area contributed by atoms with E-state index in [4.69, 9.17) is 14.2 Å². The van der Waals surface area contributed by atoms with Crippen LogP contribution in [-0.4, -0.2) is 39.0 Å². The molecule has 0 radical (unpaired) electrons. The van der Waals surface area contributed by atoms with Crippen molar-refractivity contribution in [3.8, 4) is 11.5 Å². The second kappa shape index (κ2) is 5.89. The molecule has 1 aliphatic rings. The lowest BCUT2D eigenvalue weighted by molar-refractivity contribution is -0.0470. The van der Waals surface area contributed by atoms with Crippen LogP contribution in [0.2, 0.25) is 0 Å². The van der Waals surface area contributed by atoms with E-state index in [-0.39, 0.29) is 12.2 Å². The minimum absolute atomic E-state index is 0.116. The van der Waals surface area contributed by atoms with E-state index >= 15 is 0 Å². The molecule has 0 saturated carbocycles. The number of ether oxygens (including phenoxy) is 3. The second-order valence-electron chi connectivity index (χ2n) is 4.22. The third-order valence-electron chi connectivity index (χ3n) is 2.71. The molecular formula is C13H19NO3. The topological polar surface area (TPSA) is 39.7 Å². The number of hydrogen-bond acceptors (Lipinski definition) is 4. The van der Waals surface area contributed by atoms with Crippen LogP contribution in [0.4, 0.5) is 0 Å². The van der Waals surface area contributed by atoms with Crippen molar-refractivity contribution < 1.29 is 14.2 Å². The molecular weight excluding hydrogens is 218 g/mol. The van der Waals surface area contributed by atoms with Crippen molar-refractivity contribution in [2.75, 3.05) is 26.8 Å². The Morgan fingerprint density at radius 1 is 1.35 bits per heavy atom. The van der Waals surface area contributed by atoms with Crippen LogP contribution in [0.1, 0.15) is 6.92 Å². The van der Waals surface area contributed by atoms with Gasteiger partial charge in [0.2, 0.25) is 0 Å². The van der Waals surface area contributed by atoms with Crippen molar-refractivity contribution in [3.63, 3.8) is 0 Å². The van der Waals surface area contributed by atoms with E-state index in [2.05, 4.69) is 12.2 Å². The van der Waals surface area contributed by atoms with Gasteiger partial charge in [0.1, 0.15) is 24.2 Å². The molecule has 4 nitrogen and oxygen atoms in total. The van der Waals surface area contributed by atoms with Crippen LogP contribution in [-0.2, 0) is 4.74 Å². The highest BCUT2D eigenvalue weighted by molar-refractivity contribution is 5.32. The fourth-order valence-corrected chi connectivity index (χ4v) is 1.85. The van der Waals surface area contributed by atoms with E-state index < -0.39 is 0 Å². The summed E-state index contributed by atoms with van der Waals surface area (Å²) in [5, 5.41) is 3.31. The summed E-state index contributed by atoms with van der Waals surface area (Å²) in [4.78, 5) is 0. The molecule has 94 valence electrons. The van der Waals surface area contributed by atoms with Crippen LogP contribution in [0.5, 0.6) is 11.5 Å². The van der Waals surface area contributed by atoms with E-state index in [1.165, 1.54) is 0 Å². The first kappa shape index (κ1) is 12.2. The van der Waals surface area contributed by atoms with E-state index in [1.54, 1.807) is 7.11 Å². The number of benzene rings is 1. The molecule has 4 heteroatoms. The smallest absolute Gasteiger partial charge is 0.123 e. The van der Waals surface area contributed by atoms with Crippen molar-refractivity contribution in [1.29, 1.82) is 0 Å². The van der Waals surface area contributed by atoms with Crippen LogP contribution in [0.25, 0.3) is 0 Å². The van der Waals surface area contributed by atoms with Crippen molar-refractivity contribution >= 4 is 0 Å². The molecule has 1 aromatic carbocycles. The Hall–Kier alpha value is -1.26. The van der Waals surface area contributed by atoms with Gasteiger partial charge in [-0.2, -0.15) is 0 Å². The van der Waals surface area contributed by atoms with Crippen LogP contribution in [0, 0.1) is 0 Å². The maximum atomic E-state index is 5.75. The quantitative estimate of drug-likeness (QED) is 0.860. The largest absolute Gasteiger partial charge is 0.497 e. The van der Waals surface area contributed by atoms with Gasteiger partial charge in [0.15, 0.2) is 0 Å². The van der Waals surface area contributed by atoms with Crippen LogP contribution >= 0.6 is 0 Å². The lowest BCUT2D eigenvalue weighted by Crippen LogP contribution is -2.45. The molecule has 0 spiro atoms. The van der Waals surface area contributed by atoms with E-state index in [1.807, 2.05) is 24.3 Å². The highest BCUT2D eigenvalue weighted by Gasteiger charge is 2.19. The summed E-state index contributed by atoms with van der Waals surface area (Å²) in [5.74, 6) is 1.62. The molecule has 1 fully saturated rings. The van der Waals surface area contributed by atoms with Gasteiger partial charge in [0.05, 0.1) is 13.2 Å². The summed E-state index contributed by atoms with van der Waals surface area (Å²) in [6.45, 7) is 4.37. The summed E-state index contributed by atoms with van der Waals surface area (Å²) in [5.41, 5.74) is 0. The Balaban J connectivity index is 1.84. The van der Waals surface area contributed by atoms with Crippen LogP contribution in [0.3, 0.4) is 0 Å². The molecule has 2 rings (SSSR count). The Morgan fingerprint density at radius 2 is 2.18 bits per heavy atom. The van der Waals surface area contributed by atoms with Gasteiger partial charge >= 0.3 is 0 Å². The summed E-state index contributed by atoms with van der Waals surface area (Å²) < 4.78 is 16.6. The Kier molecular flexibility index (Phi) is 4.23. The van der Waals surface area contributed by atoms with Gasteiger partial charge in [0, 0.05) is 19.2 Å². The summed E-state index contributed by atoms with van der Waals surface area (Å²) in [7, 11) is 1.65. The van der Waals surface area contributed by atoms with Gasteiger partial charge in [-0.05, 0) is 19.1 Å². The van der Waals surface area contributed by atoms with Crippen molar-refractivity contribution in [2.45, 2.75) is 19.1 Å². The first-order valence-corrected chi connectivity index (χ1v) is 5.91. The van der Waals surface area contributed by atoms with Gasteiger partial charge < -0.3 is 19.5 Å². The number of rotatable bonds is 4. The van der Waals surface area contributed by atoms with Crippen molar-refractivity contribution in [3.05, 3.63) is 24.3 Å². The van der Waals surface area contributed by atoms with Crippen molar-refractivity contribution in [2.24, 2.45) is 0 Å². The average molecular weight is 237 g/mol. The standard InChI is InChI=1S/C13H19NO3/c1-10-7-14-8-13(17-10)9-16-12-5-3-4-11(6-12)15-2/h3-6,10,13-14H,7-9H2,1-2H3. The van der Waals surface area contributed by atoms with Gasteiger partial charge in [0.25, 0.3) is 0 Å². The lowest BCUT2D eigenvalue weighted by atomic mass is 10.2. The van der Waals surface area contributed by atoms with E-state index in [9.17, 15) is 0 Å². The monoisotopic (exact) mass is 237 g/mol. The molecule has 1 N–H and O–H groups in total. The van der Waals surface area contributed by atoms with Crippen molar-refractivity contribution in [1.82, 2.24) is 5.32 Å². The first-order chi connectivity index (χ1) is 8.28. The predicted octanol–water partition coefficient (Wildman–Crippen LogP) is 1.45. The number of methoxy groups -OCH3 is 1. The number of morpholine rings is 1. The Labute approximate surface area is 102 Å². The van der Waals surface area contributed by atoms with Gasteiger partial charge in [-0.25, -0.2) is 0 Å². The maximum absolute atomic E-state index is 5.75. The minimum Gasteiger partial charge on any atom is -0.497 e. The second-order valence-corrected chi connectivity index (χ2v) is 4.22. The summed E-state index contributed by atoms with van der Waals surface area (Å²) in [6.07, 6.45) is 0.368. The molecule has 2 atom stereocenters. The maximum Gasteiger partial charge on any atom is 0.123 e. The summed E-state index contributed by atoms with van der Waals surface area (Å²) in [6, 6.07) is 7.60. The SMILES string of the molecule is COc1cccc(OCC2CNCC(C)O2)c1. The van der Waals surface area contributed by atoms with Gasteiger partial charge in [-0.1, -0.05) is 6.07 Å². The minimum atomic E-state index is 0.116. The molecule has 1 heterocycles. The zero-order valence-electron chi connectivity index (χ0n) is 10.3. The zero-order valence-corrected chi connectivity index (χ0v) is 10.3. The molecule has 17 heavy (non-hydrogen) atoms. The molecule has 2 unspecified atom stereocenters. The molecule has 0 amide bonds. The van der Waals surface area contributed by atoms with E-state index in [0.717, 1.165) is 24.6 Å². The Bertz CT molecular complexity index is 356. The third-order valence-corrected chi connectivity index (χ3v) is 2.71. The molecule has 0 aliphatic carbocycles. The van der Waals surface area contributed by atoms with Crippen LogP contribution in [0.15, 0.2) is 24.3 Å². The first-order valence-electron chi connectivity index (χ1n) is 5.91. The normalized spacial score (nSPS) is 24.4. The molecule has 0 aromatic heterocycles. The highest BCUT2D eigenvalue weighted by Crippen LogP contribution is 2.19. The van der Waals surface area contributed by atoms with Crippen LogP contribution < -0.4 is 14.8 Å². The zero-order chi connectivity index (χ0) is 12.1. The van der Waals surface area contributed by atoms with E-state index in [0.29, 0.717) is 6.61 Å². The lowest BCUT2D eigenvalue weighted by Gasteiger charge is -2.28. The number of hydrogen-bond donors (Lipinski definition) is 1. The summed E-state index contributed by atoms with van der Waals surface area (Å²) >= 11 is 0. The third kappa shape index (κ3) is 3.61. The molecule has 1 saturated heterocycles. The molecule has 1 aliphatic heterocycles. The predicted molar refractivity (Wildman–Crippen MR) is 65.7 cm³/mol. The van der Waals surface area contributed by atoms with Gasteiger partial charge in [-0.3, -0.25) is 0 Å².